The smallest absolute Gasteiger partial charge is 0.211 e. The molecule has 0 spiro atoms. The molecule has 2 aromatic rings. The lowest BCUT2D eigenvalue weighted by Crippen LogP contribution is -2.24. The topological polar surface area (TPSA) is 110 Å². The van der Waals surface area contributed by atoms with Crippen LogP contribution in [0.4, 0.5) is 0 Å². The molecule has 118 valence electrons. The zero-order valence-electron chi connectivity index (χ0n) is 12.9. The Hall–Kier alpha value is -2.89. The Morgan fingerprint density at radius 2 is 2.00 bits per heavy atom. The van der Waals surface area contributed by atoms with E-state index in [4.69, 9.17) is 11.5 Å². The fourth-order valence-electron chi connectivity index (χ4n) is 3.07. The Balaban J connectivity index is 2.08. The Labute approximate surface area is 134 Å². The van der Waals surface area contributed by atoms with Crippen LogP contribution in [-0.4, -0.2) is 21.8 Å². The monoisotopic (exact) mass is 309 g/mol. The van der Waals surface area contributed by atoms with Crippen LogP contribution in [0, 0.1) is 6.92 Å². The van der Waals surface area contributed by atoms with Crippen LogP contribution in [0.2, 0.25) is 0 Å². The van der Waals surface area contributed by atoms with Crippen LogP contribution >= 0.6 is 0 Å². The second kappa shape index (κ2) is 6.08. The van der Waals surface area contributed by atoms with Gasteiger partial charge in [-0.1, -0.05) is 18.2 Å². The van der Waals surface area contributed by atoms with Gasteiger partial charge in [0.2, 0.25) is 5.96 Å². The van der Waals surface area contributed by atoms with Crippen molar-refractivity contribution in [2.45, 2.75) is 25.7 Å². The van der Waals surface area contributed by atoms with Crippen LogP contribution in [0.1, 0.15) is 34.7 Å². The molecule has 6 heteroatoms. The van der Waals surface area contributed by atoms with Gasteiger partial charge in [-0.3, -0.25) is 4.98 Å². The number of nitrogens with zero attached hydrogens (tertiary/aromatic N) is 3. The molecule has 1 aliphatic rings. The van der Waals surface area contributed by atoms with Gasteiger partial charge in [0, 0.05) is 11.8 Å². The highest BCUT2D eigenvalue weighted by Crippen LogP contribution is 2.37. The Morgan fingerprint density at radius 3 is 2.74 bits per heavy atom. The molecule has 6 nitrogen and oxygen atoms in total. The third kappa shape index (κ3) is 3.01. The lowest BCUT2D eigenvalue weighted by Gasteiger charge is -2.26. The number of benzene rings is 1. The van der Waals surface area contributed by atoms with Crippen molar-refractivity contribution in [2.24, 2.45) is 21.7 Å². The first-order valence-electron chi connectivity index (χ1n) is 7.44. The highest BCUT2D eigenvalue weighted by Gasteiger charge is 2.28. The fraction of sp³-hybridized carbons (Fsp3) is 0.235. The number of para-hydroxylation sites is 1. The number of pyridine rings is 1. The second-order valence-electron chi connectivity index (χ2n) is 5.69. The van der Waals surface area contributed by atoms with E-state index in [1.807, 2.05) is 31.2 Å². The van der Waals surface area contributed by atoms with Crippen molar-refractivity contribution in [3.8, 4) is 5.75 Å². The molecule has 3 rings (SSSR count). The minimum Gasteiger partial charge on any atom is -0.508 e. The van der Waals surface area contributed by atoms with E-state index in [9.17, 15) is 5.11 Å². The first-order chi connectivity index (χ1) is 11.1. The van der Waals surface area contributed by atoms with Crippen LogP contribution in [0.5, 0.6) is 5.75 Å². The molecule has 0 radical (unpaired) electrons. The number of aromatic hydroxyl groups is 1. The van der Waals surface area contributed by atoms with Crippen molar-refractivity contribution in [3.05, 3.63) is 58.9 Å². The first-order valence-corrected chi connectivity index (χ1v) is 7.44. The minimum absolute atomic E-state index is 0.0784. The minimum atomic E-state index is -0.0784. The molecular formula is C17H19N5O. The molecule has 1 aromatic heterocycles. The lowest BCUT2D eigenvalue weighted by atomic mass is 9.79. The average Bonchev–Trinajstić information content (AvgIpc) is 2.53. The van der Waals surface area contributed by atoms with E-state index in [1.54, 1.807) is 12.3 Å². The number of aromatic nitrogens is 1. The third-order valence-corrected chi connectivity index (χ3v) is 4.07. The van der Waals surface area contributed by atoms with Crippen molar-refractivity contribution in [3.63, 3.8) is 0 Å². The summed E-state index contributed by atoms with van der Waals surface area (Å²) in [5.74, 6) is 0.297. The zero-order chi connectivity index (χ0) is 16.4. The predicted molar refractivity (Wildman–Crippen MR) is 90.5 cm³/mol. The Bertz CT molecular complexity index is 793. The molecule has 5 N–H and O–H groups in total. The molecule has 1 atom stereocenters. The van der Waals surface area contributed by atoms with Crippen molar-refractivity contribution in [1.29, 1.82) is 0 Å². The third-order valence-electron chi connectivity index (χ3n) is 4.07. The SMILES string of the molecule is Cc1ccnc2c1C(=NN=C(N)N)CC(c1ccccc1O)C2. The maximum atomic E-state index is 10.1. The van der Waals surface area contributed by atoms with Gasteiger partial charge in [-0.15, -0.1) is 5.10 Å². The van der Waals surface area contributed by atoms with Crippen LogP contribution in [0.3, 0.4) is 0 Å². The fourth-order valence-corrected chi connectivity index (χ4v) is 3.07. The van der Waals surface area contributed by atoms with Gasteiger partial charge in [0.25, 0.3) is 0 Å². The summed E-state index contributed by atoms with van der Waals surface area (Å²) in [5, 5.41) is 18.2. The molecule has 0 saturated heterocycles. The number of hydrogen-bond acceptors (Lipinski definition) is 4. The molecule has 0 fully saturated rings. The van der Waals surface area contributed by atoms with Gasteiger partial charge in [0.05, 0.1) is 11.4 Å². The van der Waals surface area contributed by atoms with Crippen molar-refractivity contribution in [2.75, 3.05) is 0 Å². The first kappa shape index (κ1) is 15.0. The van der Waals surface area contributed by atoms with Gasteiger partial charge in [-0.2, -0.15) is 5.10 Å². The summed E-state index contributed by atoms with van der Waals surface area (Å²) in [4.78, 5) is 4.49. The van der Waals surface area contributed by atoms with Gasteiger partial charge >= 0.3 is 0 Å². The summed E-state index contributed by atoms with van der Waals surface area (Å²) in [7, 11) is 0. The number of guanidine groups is 1. The van der Waals surface area contributed by atoms with E-state index >= 15 is 0 Å². The standard InChI is InChI=1S/C17H19N5O/c1-10-6-7-20-13-8-11(12-4-2-3-5-15(12)23)9-14(16(10)13)21-22-17(18)19/h2-7,11,23H,8-9H2,1H3,(H4,18,19,22). The van der Waals surface area contributed by atoms with Gasteiger partial charge in [-0.25, -0.2) is 0 Å². The summed E-state index contributed by atoms with van der Waals surface area (Å²) in [6.07, 6.45) is 3.18. The number of aryl methyl sites for hydroxylation is 1. The molecule has 0 aliphatic heterocycles. The molecule has 0 saturated carbocycles. The summed E-state index contributed by atoms with van der Waals surface area (Å²) in [6, 6.07) is 9.30. The number of rotatable bonds is 2. The summed E-state index contributed by atoms with van der Waals surface area (Å²) >= 11 is 0. The predicted octanol–water partition coefficient (Wildman–Crippen LogP) is 1.80. The summed E-state index contributed by atoms with van der Waals surface area (Å²) in [6.45, 7) is 2.02. The van der Waals surface area contributed by atoms with Crippen LogP contribution in [-0.2, 0) is 6.42 Å². The largest absolute Gasteiger partial charge is 0.508 e. The Kier molecular flexibility index (Phi) is 3.97. The molecule has 1 aromatic carbocycles. The van der Waals surface area contributed by atoms with Crippen LogP contribution in [0.15, 0.2) is 46.7 Å². The van der Waals surface area contributed by atoms with Crippen molar-refractivity contribution < 1.29 is 5.11 Å². The molecular weight excluding hydrogens is 290 g/mol. The van der Waals surface area contributed by atoms with Gasteiger partial charge in [0.15, 0.2) is 0 Å². The van der Waals surface area contributed by atoms with Gasteiger partial charge in [-0.05, 0) is 48.9 Å². The highest BCUT2D eigenvalue weighted by molar-refractivity contribution is 6.04. The normalized spacial score (nSPS) is 18.5. The van der Waals surface area contributed by atoms with E-state index in [0.717, 1.165) is 34.5 Å². The quantitative estimate of drug-likeness (QED) is 0.446. The van der Waals surface area contributed by atoms with E-state index in [0.29, 0.717) is 6.42 Å². The number of phenolic OH excluding ortho intramolecular Hbond substituents is 1. The summed E-state index contributed by atoms with van der Waals surface area (Å²) in [5.41, 5.74) is 15.5. The zero-order valence-corrected chi connectivity index (χ0v) is 12.9. The molecule has 1 aliphatic carbocycles. The number of phenols is 1. The average molecular weight is 309 g/mol. The lowest BCUT2D eigenvalue weighted by molar-refractivity contribution is 0.460. The molecule has 0 bridgehead atoms. The van der Waals surface area contributed by atoms with Crippen molar-refractivity contribution in [1.82, 2.24) is 4.98 Å². The maximum absolute atomic E-state index is 10.1. The van der Waals surface area contributed by atoms with Gasteiger partial charge < -0.3 is 16.6 Å². The molecule has 1 heterocycles. The van der Waals surface area contributed by atoms with E-state index in [-0.39, 0.29) is 17.6 Å². The second-order valence-corrected chi connectivity index (χ2v) is 5.69. The van der Waals surface area contributed by atoms with Crippen LogP contribution < -0.4 is 11.5 Å². The van der Waals surface area contributed by atoms with Gasteiger partial charge in [0.1, 0.15) is 5.75 Å². The molecule has 1 unspecified atom stereocenters. The molecule has 23 heavy (non-hydrogen) atoms. The molecule has 0 amide bonds. The highest BCUT2D eigenvalue weighted by atomic mass is 16.3. The number of fused-ring (bicyclic) bond motifs is 1. The van der Waals surface area contributed by atoms with Crippen LogP contribution in [0.25, 0.3) is 0 Å². The van der Waals surface area contributed by atoms with Crippen molar-refractivity contribution >= 4 is 11.7 Å². The number of hydrogen-bond donors (Lipinski definition) is 3. The maximum Gasteiger partial charge on any atom is 0.211 e. The van der Waals surface area contributed by atoms with E-state index < -0.39 is 0 Å². The Morgan fingerprint density at radius 1 is 1.22 bits per heavy atom. The summed E-state index contributed by atoms with van der Waals surface area (Å²) < 4.78 is 0. The van der Waals surface area contributed by atoms with E-state index in [1.165, 1.54) is 0 Å². The van der Waals surface area contributed by atoms with E-state index in [2.05, 4.69) is 15.2 Å². The number of nitrogens with two attached hydrogens (primary N) is 2.